The molecular formula is C13H14ClF3N2O3S. The fourth-order valence-electron chi connectivity index (χ4n) is 1.46. The molecule has 0 aliphatic carbocycles. The average Bonchev–Trinajstić information content (AvgIpc) is 2.42. The summed E-state index contributed by atoms with van der Waals surface area (Å²) in [5, 5.41) is 11.3. The number of aliphatic carboxylic acids is 1. The summed E-state index contributed by atoms with van der Waals surface area (Å²) in [6.45, 7) is -0.0350. The van der Waals surface area contributed by atoms with Crippen LogP contribution in [0.2, 0.25) is 5.02 Å². The van der Waals surface area contributed by atoms with E-state index in [9.17, 15) is 22.8 Å². The Bertz CT molecular complexity index is 584. The zero-order chi connectivity index (χ0) is 17.6. The molecule has 0 unspecified atom stereocenters. The second-order valence-corrected chi connectivity index (χ2v) is 5.99. The number of anilines is 1. The van der Waals surface area contributed by atoms with E-state index in [4.69, 9.17) is 16.7 Å². The van der Waals surface area contributed by atoms with Crippen molar-refractivity contribution in [1.29, 1.82) is 0 Å². The predicted molar refractivity (Wildman–Crippen MR) is 82.1 cm³/mol. The van der Waals surface area contributed by atoms with Gasteiger partial charge in [0.25, 0.3) is 0 Å². The van der Waals surface area contributed by atoms with Crippen LogP contribution in [0.3, 0.4) is 0 Å². The van der Waals surface area contributed by atoms with Gasteiger partial charge in [0.2, 0.25) is 0 Å². The Morgan fingerprint density at radius 1 is 1.39 bits per heavy atom. The Morgan fingerprint density at radius 2 is 2.04 bits per heavy atom. The maximum atomic E-state index is 12.3. The number of carboxylic acid groups (broad SMARTS) is 1. The lowest BCUT2D eigenvalue weighted by Gasteiger charge is -2.18. The van der Waals surface area contributed by atoms with E-state index in [2.05, 4.69) is 5.32 Å². The molecule has 5 nitrogen and oxygen atoms in total. The molecule has 1 aromatic rings. The number of nitrogens with zero attached hydrogens (tertiary/aromatic N) is 1. The van der Waals surface area contributed by atoms with Gasteiger partial charge in [-0.2, -0.15) is 13.2 Å². The molecule has 2 amide bonds. The van der Waals surface area contributed by atoms with Crippen molar-refractivity contribution in [1.82, 2.24) is 4.90 Å². The molecule has 0 atom stereocenters. The van der Waals surface area contributed by atoms with Gasteiger partial charge in [0.1, 0.15) is 0 Å². The minimum Gasteiger partial charge on any atom is -0.481 e. The molecule has 0 fully saturated rings. The first-order valence-electron chi connectivity index (χ1n) is 6.31. The highest BCUT2D eigenvalue weighted by Gasteiger charge is 2.28. The van der Waals surface area contributed by atoms with Crippen molar-refractivity contribution in [3.63, 3.8) is 0 Å². The molecule has 10 heteroatoms. The molecule has 0 heterocycles. The standard InChI is InChI=1S/C13H14ClF3N2O3S/c1-19(5-4-11(20)21)12(22)18-9-6-8(14)2-3-10(9)23-7-13(15,16)17/h2-3,6H,4-5,7H2,1H3,(H,18,22)(H,20,21). The van der Waals surface area contributed by atoms with Crippen LogP contribution < -0.4 is 5.32 Å². The minimum atomic E-state index is -4.34. The van der Waals surface area contributed by atoms with Gasteiger partial charge in [0.05, 0.1) is 17.9 Å². The lowest BCUT2D eigenvalue weighted by atomic mass is 10.3. The Kier molecular flexibility index (Phi) is 7.01. The molecule has 2 N–H and O–H groups in total. The summed E-state index contributed by atoms with van der Waals surface area (Å²) in [5.41, 5.74) is 0.138. The number of carbonyl (C=O) groups is 2. The van der Waals surface area contributed by atoms with Crippen molar-refractivity contribution in [3.8, 4) is 0 Å². The number of halogens is 4. The smallest absolute Gasteiger partial charge is 0.398 e. The number of thioether (sulfide) groups is 1. The molecule has 128 valence electrons. The van der Waals surface area contributed by atoms with Crippen molar-refractivity contribution >= 4 is 41.1 Å². The van der Waals surface area contributed by atoms with E-state index >= 15 is 0 Å². The summed E-state index contributed by atoms with van der Waals surface area (Å²) in [6, 6.07) is 3.50. The first kappa shape index (κ1) is 19.4. The summed E-state index contributed by atoms with van der Waals surface area (Å²) < 4.78 is 37.0. The number of benzene rings is 1. The number of hydrogen-bond donors (Lipinski definition) is 2. The second-order valence-electron chi connectivity index (χ2n) is 4.54. The van der Waals surface area contributed by atoms with E-state index in [0.717, 1.165) is 4.90 Å². The van der Waals surface area contributed by atoms with Gasteiger partial charge < -0.3 is 15.3 Å². The number of hydrogen-bond acceptors (Lipinski definition) is 3. The predicted octanol–water partition coefficient (Wildman–Crippen LogP) is 3.93. The van der Waals surface area contributed by atoms with Crippen LogP contribution in [0.25, 0.3) is 0 Å². The number of urea groups is 1. The molecule has 23 heavy (non-hydrogen) atoms. The van der Waals surface area contributed by atoms with Crippen LogP contribution in [0.5, 0.6) is 0 Å². The molecule has 1 rings (SSSR count). The van der Waals surface area contributed by atoms with Gasteiger partial charge in [-0.15, -0.1) is 11.8 Å². The highest BCUT2D eigenvalue weighted by Crippen LogP contribution is 2.34. The maximum absolute atomic E-state index is 12.3. The number of carboxylic acids is 1. The van der Waals surface area contributed by atoms with E-state index in [-0.39, 0.29) is 28.6 Å². The van der Waals surface area contributed by atoms with Crippen molar-refractivity contribution in [2.24, 2.45) is 0 Å². The maximum Gasteiger partial charge on any atom is 0.398 e. The fraction of sp³-hybridized carbons (Fsp3) is 0.385. The first-order valence-corrected chi connectivity index (χ1v) is 7.68. The second kappa shape index (κ2) is 8.30. The van der Waals surface area contributed by atoms with Crippen LogP contribution in [-0.4, -0.2) is 47.5 Å². The summed E-state index contributed by atoms with van der Waals surface area (Å²) in [6.07, 6.45) is -4.58. The summed E-state index contributed by atoms with van der Waals surface area (Å²) in [7, 11) is 1.38. The van der Waals surface area contributed by atoms with E-state index < -0.39 is 23.9 Å². The number of rotatable bonds is 6. The van der Waals surface area contributed by atoms with Gasteiger partial charge in [0, 0.05) is 23.5 Å². The average molecular weight is 371 g/mol. The Morgan fingerprint density at radius 3 is 2.61 bits per heavy atom. The number of alkyl halides is 3. The summed E-state index contributed by atoms with van der Waals surface area (Å²) in [5.74, 6) is -2.17. The van der Waals surface area contributed by atoms with E-state index in [0.29, 0.717) is 11.8 Å². The lowest BCUT2D eigenvalue weighted by Crippen LogP contribution is -2.33. The first-order chi connectivity index (χ1) is 10.6. The summed E-state index contributed by atoms with van der Waals surface area (Å²) >= 11 is 6.32. The van der Waals surface area contributed by atoms with Crippen LogP contribution in [0.4, 0.5) is 23.7 Å². The molecule has 0 spiro atoms. The third-order valence-electron chi connectivity index (χ3n) is 2.58. The topological polar surface area (TPSA) is 69.6 Å². The van der Waals surface area contributed by atoms with Crippen LogP contribution in [0.1, 0.15) is 6.42 Å². The normalized spacial score (nSPS) is 11.2. The van der Waals surface area contributed by atoms with E-state index in [1.807, 2.05) is 0 Å². The number of carbonyl (C=O) groups excluding carboxylic acids is 1. The third-order valence-corrected chi connectivity index (χ3v) is 3.96. The van der Waals surface area contributed by atoms with Crippen LogP contribution in [0.15, 0.2) is 23.1 Å². The molecule has 0 radical (unpaired) electrons. The highest BCUT2D eigenvalue weighted by molar-refractivity contribution is 7.99. The molecule has 0 aliphatic rings. The van der Waals surface area contributed by atoms with Crippen molar-refractivity contribution in [2.75, 3.05) is 24.7 Å². The van der Waals surface area contributed by atoms with Crippen LogP contribution in [0, 0.1) is 0 Å². The third kappa shape index (κ3) is 7.47. The molecule has 0 saturated heterocycles. The zero-order valence-electron chi connectivity index (χ0n) is 12.0. The van der Waals surface area contributed by atoms with Crippen LogP contribution >= 0.6 is 23.4 Å². The van der Waals surface area contributed by atoms with Gasteiger partial charge in [-0.3, -0.25) is 4.79 Å². The number of nitrogens with one attached hydrogen (secondary N) is 1. The molecular weight excluding hydrogens is 357 g/mol. The molecule has 1 aromatic carbocycles. The minimum absolute atomic E-state index is 0.0350. The molecule has 0 bridgehead atoms. The van der Waals surface area contributed by atoms with Crippen molar-refractivity contribution in [2.45, 2.75) is 17.5 Å². The fourth-order valence-corrected chi connectivity index (χ4v) is 2.38. The Hall–Kier alpha value is -1.61. The molecule has 0 aliphatic heterocycles. The number of amides is 2. The van der Waals surface area contributed by atoms with Crippen LogP contribution in [-0.2, 0) is 4.79 Å². The van der Waals surface area contributed by atoms with E-state index in [1.165, 1.54) is 25.2 Å². The Balaban J connectivity index is 2.79. The van der Waals surface area contributed by atoms with Gasteiger partial charge in [-0.1, -0.05) is 11.6 Å². The monoisotopic (exact) mass is 370 g/mol. The Labute approximate surface area is 139 Å². The van der Waals surface area contributed by atoms with Gasteiger partial charge >= 0.3 is 18.2 Å². The van der Waals surface area contributed by atoms with E-state index in [1.54, 1.807) is 0 Å². The van der Waals surface area contributed by atoms with Crippen molar-refractivity contribution in [3.05, 3.63) is 23.2 Å². The zero-order valence-corrected chi connectivity index (χ0v) is 13.6. The van der Waals surface area contributed by atoms with Gasteiger partial charge in [-0.05, 0) is 18.2 Å². The van der Waals surface area contributed by atoms with Gasteiger partial charge in [0.15, 0.2) is 0 Å². The van der Waals surface area contributed by atoms with Gasteiger partial charge in [-0.25, -0.2) is 4.79 Å². The quantitative estimate of drug-likeness (QED) is 0.744. The SMILES string of the molecule is CN(CCC(=O)O)C(=O)Nc1cc(Cl)ccc1SCC(F)(F)F. The lowest BCUT2D eigenvalue weighted by molar-refractivity contribution is -0.137. The highest BCUT2D eigenvalue weighted by atomic mass is 35.5. The largest absolute Gasteiger partial charge is 0.481 e. The van der Waals surface area contributed by atoms with Crippen molar-refractivity contribution < 1.29 is 27.9 Å². The molecule has 0 aromatic heterocycles. The summed E-state index contributed by atoms with van der Waals surface area (Å²) in [4.78, 5) is 23.7. The molecule has 0 saturated carbocycles.